The Morgan fingerprint density at radius 1 is 1.33 bits per heavy atom. The second-order valence-electron chi connectivity index (χ2n) is 3.78. The molecule has 0 atom stereocenters. The highest BCUT2D eigenvalue weighted by molar-refractivity contribution is 5.75. The van der Waals surface area contributed by atoms with Gasteiger partial charge in [0.15, 0.2) is 0 Å². The molecule has 0 heterocycles. The van der Waals surface area contributed by atoms with Crippen molar-refractivity contribution in [2.75, 3.05) is 20.8 Å². The van der Waals surface area contributed by atoms with Crippen molar-refractivity contribution < 1.29 is 19.4 Å². The van der Waals surface area contributed by atoms with E-state index in [1.54, 1.807) is 20.3 Å². The molecule has 0 saturated carbocycles. The lowest BCUT2D eigenvalue weighted by Gasteiger charge is -2.11. The van der Waals surface area contributed by atoms with Crippen LogP contribution in [0, 0.1) is 0 Å². The molecule has 0 unspecified atom stereocenters. The highest BCUT2D eigenvalue weighted by Crippen LogP contribution is 2.24. The van der Waals surface area contributed by atoms with E-state index in [0.717, 1.165) is 5.56 Å². The third-order valence-electron chi connectivity index (χ3n) is 2.53. The molecule has 100 valence electrons. The lowest BCUT2D eigenvalue weighted by Crippen LogP contribution is -2.22. The molecule has 0 aliphatic heterocycles. The van der Waals surface area contributed by atoms with Gasteiger partial charge in [0.1, 0.15) is 11.5 Å². The van der Waals surface area contributed by atoms with E-state index in [9.17, 15) is 4.79 Å². The van der Waals surface area contributed by atoms with Gasteiger partial charge in [-0.25, -0.2) is 0 Å². The van der Waals surface area contributed by atoms with Gasteiger partial charge < -0.3 is 19.9 Å². The first-order chi connectivity index (χ1) is 8.71. The number of nitrogens with one attached hydrogen (secondary N) is 1. The topological polar surface area (TPSA) is 67.8 Å². The Morgan fingerprint density at radius 3 is 2.72 bits per heavy atom. The zero-order chi connectivity index (χ0) is 13.4. The Hall–Kier alpha value is -1.75. The second kappa shape index (κ2) is 7.55. The normalized spacial score (nSPS) is 9.94. The number of hydrogen-bond acceptors (Lipinski definition) is 4. The van der Waals surface area contributed by atoms with Crippen LogP contribution in [0.4, 0.5) is 0 Å². The molecule has 5 heteroatoms. The number of aliphatic hydroxyl groups excluding tert-OH is 1. The summed E-state index contributed by atoms with van der Waals surface area (Å²) >= 11 is 0. The molecule has 18 heavy (non-hydrogen) atoms. The number of benzene rings is 1. The zero-order valence-corrected chi connectivity index (χ0v) is 10.7. The molecular weight excluding hydrogens is 234 g/mol. The first-order valence-electron chi connectivity index (χ1n) is 5.79. The van der Waals surface area contributed by atoms with Gasteiger partial charge in [-0.15, -0.1) is 0 Å². The number of methoxy groups -OCH3 is 2. The maximum absolute atomic E-state index is 11.4. The van der Waals surface area contributed by atoms with Gasteiger partial charge in [0.2, 0.25) is 5.91 Å². The van der Waals surface area contributed by atoms with Crippen LogP contribution in [0.5, 0.6) is 11.5 Å². The summed E-state index contributed by atoms with van der Waals surface area (Å²) in [5.41, 5.74) is 0.885. The highest BCUT2D eigenvalue weighted by Gasteiger charge is 2.06. The number of carbonyl (C=O) groups is 1. The minimum atomic E-state index is -0.0816. The van der Waals surface area contributed by atoms with Crippen LogP contribution in [0.3, 0.4) is 0 Å². The zero-order valence-electron chi connectivity index (χ0n) is 10.7. The average Bonchev–Trinajstić information content (AvgIpc) is 2.42. The number of amides is 1. The smallest absolute Gasteiger partial charge is 0.220 e. The number of aliphatic hydroxyl groups is 1. The van der Waals surface area contributed by atoms with Crippen LogP contribution in [0.25, 0.3) is 0 Å². The van der Waals surface area contributed by atoms with Crippen molar-refractivity contribution in [1.82, 2.24) is 5.32 Å². The molecule has 1 amide bonds. The predicted octanol–water partition coefficient (Wildman–Crippen LogP) is 1.09. The first kappa shape index (κ1) is 14.3. The summed E-state index contributed by atoms with van der Waals surface area (Å²) in [6.07, 6.45) is 0.806. The Labute approximate surface area is 107 Å². The van der Waals surface area contributed by atoms with E-state index in [-0.39, 0.29) is 12.5 Å². The van der Waals surface area contributed by atoms with Gasteiger partial charge in [-0.3, -0.25) is 4.79 Å². The summed E-state index contributed by atoms with van der Waals surface area (Å²) in [5.74, 6) is 1.31. The Bertz CT molecular complexity index is 393. The summed E-state index contributed by atoms with van der Waals surface area (Å²) in [7, 11) is 3.16. The maximum atomic E-state index is 11.4. The van der Waals surface area contributed by atoms with Gasteiger partial charge in [0, 0.05) is 31.2 Å². The van der Waals surface area contributed by atoms with Gasteiger partial charge in [-0.1, -0.05) is 0 Å². The van der Waals surface area contributed by atoms with Gasteiger partial charge >= 0.3 is 0 Å². The van der Waals surface area contributed by atoms with Crippen molar-refractivity contribution in [2.45, 2.75) is 19.4 Å². The van der Waals surface area contributed by atoms with Gasteiger partial charge in [0.25, 0.3) is 0 Å². The highest BCUT2D eigenvalue weighted by atomic mass is 16.5. The third kappa shape index (κ3) is 4.25. The van der Waals surface area contributed by atoms with Crippen LogP contribution in [0.1, 0.15) is 18.4 Å². The third-order valence-corrected chi connectivity index (χ3v) is 2.53. The molecule has 0 aromatic heterocycles. The van der Waals surface area contributed by atoms with Crippen molar-refractivity contribution in [2.24, 2.45) is 0 Å². The van der Waals surface area contributed by atoms with Gasteiger partial charge in [-0.2, -0.15) is 0 Å². The van der Waals surface area contributed by atoms with Crippen LogP contribution < -0.4 is 14.8 Å². The summed E-state index contributed by atoms with van der Waals surface area (Å²) in [5, 5.41) is 11.4. The molecule has 0 fully saturated rings. The standard InChI is InChI=1S/C13H19NO4/c1-17-11-6-5-10(12(8-11)18-2)9-14-13(16)4-3-7-15/h5-6,8,15H,3-4,7,9H2,1-2H3,(H,14,16). The van der Waals surface area contributed by atoms with E-state index >= 15 is 0 Å². The molecule has 1 rings (SSSR count). The largest absolute Gasteiger partial charge is 0.497 e. The fourth-order valence-electron chi connectivity index (χ4n) is 1.52. The van der Waals surface area contributed by atoms with E-state index in [1.165, 1.54) is 0 Å². The number of carbonyl (C=O) groups excluding carboxylic acids is 1. The van der Waals surface area contributed by atoms with E-state index < -0.39 is 0 Å². The fourth-order valence-corrected chi connectivity index (χ4v) is 1.52. The van der Waals surface area contributed by atoms with Crippen LogP contribution >= 0.6 is 0 Å². The van der Waals surface area contributed by atoms with Gasteiger partial charge in [0.05, 0.1) is 14.2 Å². The van der Waals surface area contributed by atoms with Crippen molar-refractivity contribution in [1.29, 1.82) is 0 Å². The molecule has 0 aliphatic rings. The van der Waals surface area contributed by atoms with Gasteiger partial charge in [-0.05, 0) is 18.6 Å². The molecule has 0 aliphatic carbocycles. The Morgan fingerprint density at radius 2 is 2.11 bits per heavy atom. The van der Waals surface area contributed by atoms with E-state index in [4.69, 9.17) is 14.6 Å². The van der Waals surface area contributed by atoms with Crippen molar-refractivity contribution in [3.05, 3.63) is 23.8 Å². The quantitative estimate of drug-likeness (QED) is 0.763. The SMILES string of the molecule is COc1ccc(CNC(=O)CCCO)c(OC)c1. The summed E-state index contributed by atoms with van der Waals surface area (Å²) < 4.78 is 10.3. The Kier molecular flexibility index (Phi) is 6.00. The predicted molar refractivity (Wildman–Crippen MR) is 67.7 cm³/mol. The Balaban J connectivity index is 2.58. The van der Waals surface area contributed by atoms with Crippen molar-refractivity contribution in [3.63, 3.8) is 0 Å². The molecular formula is C13H19NO4. The molecule has 1 aromatic carbocycles. The minimum Gasteiger partial charge on any atom is -0.497 e. The van der Waals surface area contributed by atoms with Crippen molar-refractivity contribution >= 4 is 5.91 Å². The van der Waals surface area contributed by atoms with E-state index in [2.05, 4.69) is 5.32 Å². The summed E-state index contributed by atoms with van der Waals surface area (Å²) in [6.45, 7) is 0.427. The number of rotatable bonds is 7. The molecule has 1 aromatic rings. The molecule has 0 spiro atoms. The lowest BCUT2D eigenvalue weighted by atomic mass is 10.2. The molecule has 5 nitrogen and oxygen atoms in total. The van der Waals surface area contributed by atoms with E-state index in [1.807, 2.05) is 12.1 Å². The maximum Gasteiger partial charge on any atom is 0.220 e. The first-order valence-corrected chi connectivity index (χ1v) is 5.79. The van der Waals surface area contributed by atoms with Crippen molar-refractivity contribution in [3.8, 4) is 11.5 Å². The van der Waals surface area contributed by atoms with E-state index in [0.29, 0.717) is 30.9 Å². The monoisotopic (exact) mass is 253 g/mol. The summed E-state index contributed by atoms with van der Waals surface area (Å²) in [6, 6.07) is 5.44. The minimum absolute atomic E-state index is 0.0271. The van der Waals surface area contributed by atoms with Crippen LogP contribution in [0.15, 0.2) is 18.2 Å². The molecule has 0 saturated heterocycles. The van der Waals surface area contributed by atoms with Crippen LogP contribution in [-0.2, 0) is 11.3 Å². The fraction of sp³-hybridized carbons (Fsp3) is 0.462. The average molecular weight is 253 g/mol. The summed E-state index contributed by atoms with van der Waals surface area (Å²) in [4.78, 5) is 11.4. The van der Waals surface area contributed by atoms with Crippen LogP contribution in [0.2, 0.25) is 0 Å². The molecule has 0 radical (unpaired) electrons. The molecule has 0 bridgehead atoms. The second-order valence-corrected chi connectivity index (χ2v) is 3.78. The number of hydrogen-bond donors (Lipinski definition) is 2. The molecule has 2 N–H and O–H groups in total. The number of ether oxygens (including phenoxy) is 2. The lowest BCUT2D eigenvalue weighted by molar-refractivity contribution is -0.121. The van der Waals surface area contributed by atoms with Crippen LogP contribution in [-0.4, -0.2) is 31.8 Å².